The normalized spacial score (nSPS) is 15.8. The van der Waals surface area contributed by atoms with Crippen LogP contribution in [0.2, 0.25) is 0 Å². The van der Waals surface area contributed by atoms with E-state index in [1.807, 2.05) is 40.3 Å². The summed E-state index contributed by atoms with van der Waals surface area (Å²) in [6, 6.07) is 12.0. The topological polar surface area (TPSA) is 112 Å². The highest BCUT2D eigenvalue weighted by Gasteiger charge is 2.26. The summed E-state index contributed by atoms with van der Waals surface area (Å²) in [5, 5.41) is 15.0. The summed E-state index contributed by atoms with van der Waals surface area (Å²) >= 11 is 0. The molecule has 37 heavy (non-hydrogen) atoms. The highest BCUT2D eigenvalue weighted by Crippen LogP contribution is 2.29. The Kier molecular flexibility index (Phi) is 6.41. The van der Waals surface area contributed by atoms with Crippen LogP contribution in [-0.4, -0.2) is 77.3 Å². The van der Waals surface area contributed by atoms with E-state index in [4.69, 9.17) is 19.3 Å². The molecule has 0 aliphatic carbocycles. The largest absolute Gasteiger partial charge is 0.491 e. The third-order valence-corrected chi connectivity index (χ3v) is 6.86. The average Bonchev–Trinajstić information content (AvgIpc) is 3.68. The van der Waals surface area contributed by atoms with Crippen LogP contribution in [0.4, 0.5) is 17.4 Å². The van der Waals surface area contributed by atoms with Gasteiger partial charge in [0.25, 0.3) is 0 Å². The van der Waals surface area contributed by atoms with Gasteiger partial charge in [0.15, 0.2) is 5.82 Å². The van der Waals surface area contributed by atoms with Gasteiger partial charge in [0, 0.05) is 57.2 Å². The van der Waals surface area contributed by atoms with Gasteiger partial charge in [-0.25, -0.2) is 4.52 Å². The molecule has 2 N–H and O–H groups in total. The summed E-state index contributed by atoms with van der Waals surface area (Å²) in [5.74, 6) is 2.24. The molecular formula is C25H31N9O3. The first-order valence-corrected chi connectivity index (χ1v) is 12.5. The third-order valence-electron chi connectivity index (χ3n) is 6.86. The Morgan fingerprint density at radius 2 is 1.89 bits per heavy atom. The van der Waals surface area contributed by atoms with E-state index in [1.54, 1.807) is 17.9 Å². The van der Waals surface area contributed by atoms with Gasteiger partial charge < -0.3 is 18.8 Å². The predicted octanol–water partition coefficient (Wildman–Crippen LogP) is 1.80. The molecule has 0 spiro atoms. The van der Waals surface area contributed by atoms with Crippen molar-refractivity contribution in [3.8, 4) is 5.75 Å². The number of hydrogen-bond acceptors (Lipinski definition) is 10. The quantitative estimate of drug-likeness (QED) is 0.329. The van der Waals surface area contributed by atoms with Gasteiger partial charge in [0.2, 0.25) is 11.5 Å². The molecule has 0 amide bonds. The van der Waals surface area contributed by atoms with Gasteiger partial charge in [-0.2, -0.15) is 14.9 Å². The second-order valence-electron chi connectivity index (χ2n) is 9.11. The smallest absolute Gasteiger partial charge is 0.245 e. The van der Waals surface area contributed by atoms with Crippen molar-refractivity contribution in [1.82, 2.24) is 24.3 Å². The molecule has 12 heteroatoms. The number of anilines is 3. The molecular weight excluding hydrogens is 474 g/mol. The van der Waals surface area contributed by atoms with Gasteiger partial charge in [0.1, 0.15) is 12.4 Å². The Bertz CT molecular complexity index is 1390. The predicted molar refractivity (Wildman–Crippen MR) is 138 cm³/mol. The molecule has 1 fully saturated rings. The fraction of sp³-hybridized carbons (Fsp3) is 0.400. The number of benzene rings is 1. The fourth-order valence-electron chi connectivity index (χ4n) is 4.87. The highest BCUT2D eigenvalue weighted by atomic mass is 16.5. The van der Waals surface area contributed by atoms with Crippen LogP contribution in [0.5, 0.6) is 5.75 Å². The summed E-state index contributed by atoms with van der Waals surface area (Å²) in [5.41, 5.74) is 6.48. The molecule has 4 aromatic rings. The second-order valence-corrected chi connectivity index (χ2v) is 9.11. The first-order valence-electron chi connectivity index (χ1n) is 12.5. The Balaban J connectivity index is 1.06. The highest BCUT2D eigenvalue weighted by molar-refractivity contribution is 5.69. The number of fused-ring (bicyclic) bond motifs is 3. The van der Waals surface area contributed by atoms with E-state index < -0.39 is 0 Å². The lowest BCUT2D eigenvalue weighted by Gasteiger charge is -2.36. The molecule has 1 aromatic carbocycles. The van der Waals surface area contributed by atoms with Crippen LogP contribution in [0, 0.1) is 5.41 Å². The van der Waals surface area contributed by atoms with Crippen LogP contribution in [0.3, 0.4) is 0 Å². The number of methoxy groups -OCH3 is 1. The molecule has 194 valence electrons. The number of aromatic nitrogens is 4. The summed E-state index contributed by atoms with van der Waals surface area (Å²) in [6.45, 7) is 7.14. The van der Waals surface area contributed by atoms with E-state index >= 15 is 0 Å². The van der Waals surface area contributed by atoms with Gasteiger partial charge in [-0.15, -0.1) is 0 Å². The van der Waals surface area contributed by atoms with E-state index in [1.165, 1.54) is 5.69 Å². The molecule has 0 atom stereocenters. The molecule has 1 saturated heterocycles. The Morgan fingerprint density at radius 1 is 1.05 bits per heavy atom. The first-order chi connectivity index (χ1) is 18.2. The van der Waals surface area contributed by atoms with Crippen molar-refractivity contribution in [2.45, 2.75) is 13.1 Å². The fourth-order valence-corrected chi connectivity index (χ4v) is 4.87. The lowest BCUT2D eigenvalue weighted by atomic mass is 10.2. The first kappa shape index (κ1) is 23.4. The zero-order chi connectivity index (χ0) is 25.2. The van der Waals surface area contributed by atoms with Crippen molar-refractivity contribution in [2.75, 3.05) is 68.4 Å². The number of hydrazine groups is 1. The van der Waals surface area contributed by atoms with Crippen molar-refractivity contribution in [2.24, 2.45) is 0 Å². The van der Waals surface area contributed by atoms with Crippen LogP contribution in [0.1, 0.15) is 5.56 Å². The van der Waals surface area contributed by atoms with E-state index in [0.717, 1.165) is 49.6 Å². The van der Waals surface area contributed by atoms with Gasteiger partial charge in [-0.05, 0) is 30.3 Å². The van der Waals surface area contributed by atoms with Crippen LogP contribution < -0.4 is 25.7 Å². The number of ether oxygens (including phenoxy) is 2. The van der Waals surface area contributed by atoms with E-state index in [-0.39, 0.29) is 5.62 Å². The van der Waals surface area contributed by atoms with Gasteiger partial charge >= 0.3 is 0 Å². The zero-order valence-corrected chi connectivity index (χ0v) is 20.8. The molecule has 2 aliphatic heterocycles. The maximum Gasteiger partial charge on any atom is 0.245 e. The molecule has 2 aliphatic rings. The Labute approximate surface area is 214 Å². The van der Waals surface area contributed by atoms with Crippen LogP contribution in [-0.2, 0) is 17.8 Å². The van der Waals surface area contributed by atoms with Gasteiger partial charge in [0.05, 0.1) is 37.7 Å². The van der Waals surface area contributed by atoms with Gasteiger partial charge in [-0.1, -0.05) is 0 Å². The molecule has 0 bridgehead atoms. The van der Waals surface area contributed by atoms with Crippen molar-refractivity contribution in [3.63, 3.8) is 0 Å². The number of furan rings is 1. The number of nitrogens with zero attached hydrogens (tertiary/aromatic N) is 7. The van der Waals surface area contributed by atoms with Crippen LogP contribution in [0.15, 0.2) is 53.3 Å². The minimum atomic E-state index is 0.152. The molecule has 0 radical (unpaired) electrons. The van der Waals surface area contributed by atoms with Crippen molar-refractivity contribution >= 4 is 22.9 Å². The standard InChI is InChI=1S/C25H31N9O3/c1-35-15-16-36-20-6-4-19(5-7-20)31-11-8-30(9-12-31)10-13-33-27-17-22-21-18-32(23-3-2-14-37-23)29-24(21)28-25(26)34(22)33/h2-7,14,17H,8-13,15-16,18H2,1H3,(H2,26,28,29). The number of piperazine rings is 1. The maximum atomic E-state index is 8.51. The Morgan fingerprint density at radius 3 is 2.65 bits per heavy atom. The molecule has 0 unspecified atom stereocenters. The lowest BCUT2D eigenvalue weighted by molar-refractivity contribution is 0.146. The van der Waals surface area contributed by atoms with E-state index in [0.29, 0.717) is 38.0 Å². The third kappa shape index (κ3) is 4.72. The molecule has 3 aromatic heterocycles. The minimum Gasteiger partial charge on any atom is -0.491 e. The molecule has 12 nitrogen and oxygen atoms in total. The maximum absolute atomic E-state index is 8.51. The SMILES string of the molecule is COCCOc1ccc(N2CCN(CCn3ncc4c5c(nc(=N)n43)NN(c3ccco3)C5)CC2)cc1. The van der Waals surface area contributed by atoms with Crippen LogP contribution in [0.25, 0.3) is 5.52 Å². The second kappa shape index (κ2) is 10.1. The van der Waals surface area contributed by atoms with Gasteiger partial charge in [-0.3, -0.25) is 20.7 Å². The summed E-state index contributed by atoms with van der Waals surface area (Å²) in [7, 11) is 1.67. The number of rotatable bonds is 9. The molecule has 5 heterocycles. The summed E-state index contributed by atoms with van der Waals surface area (Å²) < 4.78 is 18.0. The summed E-state index contributed by atoms with van der Waals surface area (Å²) in [4.78, 5) is 11.2. The summed E-state index contributed by atoms with van der Waals surface area (Å²) in [6.07, 6.45) is 3.47. The van der Waals surface area contributed by atoms with E-state index in [2.05, 4.69) is 37.4 Å². The average molecular weight is 506 g/mol. The Hall–Kier alpha value is -4.03. The van der Waals surface area contributed by atoms with Crippen LogP contribution >= 0.6 is 0 Å². The minimum absolute atomic E-state index is 0.152. The van der Waals surface area contributed by atoms with Crippen molar-refractivity contribution < 1.29 is 13.9 Å². The van der Waals surface area contributed by atoms with Crippen molar-refractivity contribution in [1.29, 1.82) is 5.41 Å². The van der Waals surface area contributed by atoms with Crippen molar-refractivity contribution in [3.05, 3.63) is 60.0 Å². The monoisotopic (exact) mass is 505 g/mol. The number of hydrogen-bond donors (Lipinski definition) is 2. The number of nitrogens with one attached hydrogen (secondary N) is 2. The zero-order valence-electron chi connectivity index (χ0n) is 20.8. The lowest BCUT2D eigenvalue weighted by Crippen LogP contribution is -2.47. The molecule has 6 rings (SSSR count). The van der Waals surface area contributed by atoms with E-state index in [9.17, 15) is 0 Å². The molecule has 0 saturated carbocycles.